The molecule has 1 rings (SSSR count). The van der Waals surface area contributed by atoms with Crippen LogP contribution in [0.4, 0.5) is 9.80 Å². The van der Waals surface area contributed by atoms with Gasteiger partial charge in [0.25, 0.3) is 0 Å². The Morgan fingerprint density at radius 3 is 3.09 bits per heavy atom. The van der Waals surface area contributed by atoms with E-state index in [4.69, 9.17) is 5.53 Å². The highest BCUT2D eigenvalue weighted by Gasteiger charge is 1.94. The van der Waals surface area contributed by atoms with Gasteiger partial charge in [-0.15, -0.1) is 11.3 Å². The van der Waals surface area contributed by atoms with Gasteiger partial charge in [-0.3, -0.25) is 5.43 Å². The van der Waals surface area contributed by atoms with Gasteiger partial charge in [0.15, 0.2) is 0 Å². The van der Waals surface area contributed by atoms with E-state index < -0.39 is 6.03 Å². The Morgan fingerprint density at radius 1 is 1.73 bits per heavy atom. The van der Waals surface area contributed by atoms with Gasteiger partial charge in [0, 0.05) is 0 Å². The van der Waals surface area contributed by atoms with Crippen LogP contribution in [0, 0.1) is 5.53 Å². The second-order valence-electron chi connectivity index (χ2n) is 1.64. The SMILES string of the molecule is N=NC(=O)NNc1cccs1. The molecule has 3 N–H and O–H groups in total. The maximum absolute atomic E-state index is 10.4. The first-order chi connectivity index (χ1) is 5.33. The average Bonchev–Trinajstić information content (AvgIpc) is 2.52. The van der Waals surface area contributed by atoms with Gasteiger partial charge in [0.1, 0.15) is 5.00 Å². The fraction of sp³-hybridized carbons (Fsp3) is 0. The number of hydrogen-bond donors (Lipinski definition) is 3. The number of hydrazine groups is 1. The molecule has 6 heteroatoms. The molecule has 58 valence electrons. The molecule has 0 aliphatic rings. The Kier molecular flexibility index (Phi) is 2.56. The van der Waals surface area contributed by atoms with Gasteiger partial charge in [0.2, 0.25) is 0 Å². The summed E-state index contributed by atoms with van der Waals surface area (Å²) >= 11 is 1.45. The van der Waals surface area contributed by atoms with E-state index in [1.807, 2.05) is 11.4 Å². The van der Waals surface area contributed by atoms with Gasteiger partial charge in [-0.25, -0.2) is 10.2 Å². The molecule has 1 aromatic rings. The highest BCUT2D eigenvalue weighted by molar-refractivity contribution is 7.14. The molecule has 1 heterocycles. The predicted molar refractivity (Wildman–Crippen MR) is 41.6 cm³/mol. The number of anilines is 1. The number of hydrogen-bond acceptors (Lipinski definition) is 4. The van der Waals surface area contributed by atoms with Crippen molar-refractivity contribution in [1.82, 2.24) is 5.43 Å². The summed E-state index contributed by atoms with van der Waals surface area (Å²) in [5.74, 6) is 0. The Morgan fingerprint density at radius 2 is 2.55 bits per heavy atom. The van der Waals surface area contributed by atoms with Crippen molar-refractivity contribution in [1.29, 1.82) is 5.53 Å². The van der Waals surface area contributed by atoms with Crippen molar-refractivity contribution in [2.75, 3.05) is 5.43 Å². The van der Waals surface area contributed by atoms with Crippen LogP contribution in [-0.4, -0.2) is 6.03 Å². The fourth-order valence-electron chi connectivity index (χ4n) is 0.493. The predicted octanol–water partition coefficient (Wildman–Crippen LogP) is 1.82. The number of urea groups is 1. The quantitative estimate of drug-likeness (QED) is 0.467. The Labute approximate surface area is 66.9 Å². The van der Waals surface area contributed by atoms with Gasteiger partial charge in [-0.05, 0) is 17.5 Å². The minimum absolute atomic E-state index is 0.710. The molecule has 0 bridgehead atoms. The highest BCUT2D eigenvalue weighted by Crippen LogP contribution is 2.12. The van der Waals surface area contributed by atoms with Gasteiger partial charge >= 0.3 is 6.03 Å². The first-order valence-corrected chi connectivity index (χ1v) is 3.68. The molecule has 0 spiro atoms. The van der Waals surface area contributed by atoms with Crippen LogP contribution in [0.2, 0.25) is 0 Å². The summed E-state index contributed by atoms with van der Waals surface area (Å²) < 4.78 is 0. The lowest BCUT2D eigenvalue weighted by atomic mass is 10.6. The van der Waals surface area contributed by atoms with Crippen LogP contribution in [0.3, 0.4) is 0 Å². The van der Waals surface area contributed by atoms with Crippen molar-refractivity contribution in [3.05, 3.63) is 17.5 Å². The number of nitrogens with one attached hydrogen (secondary N) is 3. The third kappa shape index (κ3) is 2.34. The molecule has 0 aliphatic carbocycles. The van der Waals surface area contributed by atoms with Crippen LogP contribution in [0.1, 0.15) is 0 Å². The number of carbonyl (C=O) groups excluding carboxylic acids is 1. The second kappa shape index (κ2) is 3.67. The van der Waals surface area contributed by atoms with E-state index in [2.05, 4.69) is 16.0 Å². The zero-order valence-electron chi connectivity index (χ0n) is 5.50. The summed E-state index contributed by atoms with van der Waals surface area (Å²) in [6.07, 6.45) is 0. The number of carbonyl (C=O) groups is 1. The van der Waals surface area contributed by atoms with Crippen LogP contribution < -0.4 is 10.9 Å². The van der Waals surface area contributed by atoms with Crippen LogP contribution in [0.25, 0.3) is 0 Å². The van der Waals surface area contributed by atoms with Gasteiger partial charge in [-0.1, -0.05) is 5.11 Å². The molecule has 0 aliphatic heterocycles. The molecule has 11 heavy (non-hydrogen) atoms. The van der Waals surface area contributed by atoms with E-state index in [9.17, 15) is 4.79 Å². The maximum atomic E-state index is 10.4. The van der Waals surface area contributed by atoms with E-state index in [1.54, 1.807) is 6.07 Å². The lowest BCUT2D eigenvalue weighted by Gasteiger charge is -1.99. The number of nitrogens with zero attached hydrogens (tertiary/aromatic N) is 1. The van der Waals surface area contributed by atoms with E-state index >= 15 is 0 Å². The smallest absolute Gasteiger partial charge is 0.287 e. The number of thiophene rings is 1. The standard InChI is InChI=1S/C5H6N4OS/c6-7-5(10)9-8-4-2-1-3-11-4/h1-3,6,8H,(H,9,10). The zero-order chi connectivity index (χ0) is 8.10. The lowest BCUT2D eigenvalue weighted by molar-refractivity contribution is 0.249. The molecule has 0 fully saturated rings. The second-order valence-corrected chi connectivity index (χ2v) is 2.59. The van der Waals surface area contributed by atoms with Crippen molar-refractivity contribution in [3.8, 4) is 0 Å². The van der Waals surface area contributed by atoms with Gasteiger partial charge in [-0.2, -0.15) is 5.53 Å². The molecule has 0 atom stereocenters. The summed E-state index contributed by atoms with van der Waals surface area (Å²) in [6, 6.07) is 2.93. The fourth-order valence-corrected chi connectivity index (χ4v) is 1.06. The minimum Gasteiger partial charge on any atom is -0.287 e. The molecule has 5 nitrogen and oxygen atoms in total. The van der Waals surface area contributed by atoms with Crippen LogP contribution in [0.5, 0.6) is 0 Å². The van der Waals surface area contributed by atoms with E-state index in [0.717, 1.165) is 5.00 Å². The normalized spacial score (nSPS) is 8.73. The first kappa shape index (κ1) is 7.67. The first-order valence-electron chi connectivity index (χ1n) is 2.80. The number of amides is 2. The maximum Gasteiger partial charge on any atom is 0.377 e. The minimum atomic E-state index is -0.710. The Balaban J connectivity index is 2.34. The van der Waals surface area contributed by atoms with E-state index in [1.165, 1.54) is 11.3 Å². The topological polar surface area (TPSA) is 77.3 Å². The number of rotatable bonds is 2. The molecular formula is C5H6N4OS. The Hall–Kier alpha value is -1.43. The van der Waals surface area contributed by atoms with Gasteiger partial charge in [0.05, 0.1) is 0 Å². The summed E-state index contributed by atoms with van der Waals surface area (Å²) in [5, 5.41) is 5.30. The molecule has 2 amide bonds. The van der Waals surface area contributed by atoms with E-state index in [-0.39, 0.29) is 0 Å². The molecule has 1 aromatic heterocycles. The summed E-state index contributed by atoms with van der Waals surface area (Å²) in [6.45, 7) is 0. The molecule has 0 saturated heterocycles. The van der Waals surface area contributed by atoms with Crippen molar-refractivity contribution >= 4 is 22.4 Å². The van der Waals surface area contributed by atoms with Gasteiger partial charge < -0.3 is 0 Å². The molecule has 0 radical (unpaired) electrons. The summed E-state index contributed by atoms with van der Waals surface area (Å²) in [5.41, 5.74) is 11.1. The zero-order valence-corrected chi connectivity index (χ0v) is 6.31. The van der Waals surface area contributed by atoms with Crippen molar-refractivity contribution in [3.63, 3.8) is 0 Å². The largest absolute Gasteiger partial charge is 0.377 e. The van der Waals surface area contributed by atoms with E-state index in [0.29, 0.717) is 0 Å². The lowest BCUT2D eigenvalue weighted by Crippen LogP contribution is -2.25. The monoisotopic (exact) mass is 170 g/mol. The third-order valence-corrected chi connectivity index (χ3v) is 1.70. The van der Waals surface area contributed by atoms with Crippen molar-refractivity contribution in [2.45, 2.75) is 0 Å². The van der Waals surface area contributed by atoms with Crippen molar-refractivity contribution in [2.24, 2.45) is 5.11 Å². The molecule has 0 aromatic carbocycles. The van der Waals surface area contributed by atoms with Crippen LogP contribution >= 0.6 is 11.3 Å². The third-order valence-electron chi connectivity index (χ3n) is 0.915. The van der Waals surface area contributed by atoms with Crippen LogP contribution in [0.15, 0.2) is 22.6 Å². The van der Waals surface area contributed by atoms with Crippen molar-refractivity contribution < 1.29 is 4.79 Å². The Bertz CT molecular complexity index is 245. The average molecular weight is 170 g/mol. The summed E-state index contributed by atoms with van der Waals surface area (Å²) in [7, 11) is 0. The highest BCUT2D eigenvalue weighted by atomic mass is 32.1. The molecule has 0 saturated carbocycles. The van der Waals surface area contributed by atoms with Crippen LogP contribution in [-0.2, 0) is 0 Å². The summed E-state index contributed by atoms with van der Waals surface area (Å²) in [4.78, 5) is 10.4. The molecule has 0 unspecified atom stereocenters. The molecular weight excluding hydrogens is 164 g/mol.